The third-order valence-electron chi connectivity index (χ3n) is 3.11. The predicted molar refractivity (Wildman–Crippen MR) is 74.7 cm³/mol. The average Bonchev–Trinajstić information content (AvgIpc) is 2.78. The van der Waals surface area contributed by atoms with Crippen molar-refractivity contribution in [3.63, 3.8) is 0 Å². The first-order chi connectivity index (χ1) is 9.16. The first-order valence-corrected chi connectivity index (χ1v) is 6.23. The Morgan fingerprint density at radius 1 is 1.21 bits per heavy atom. The summed E-state index contributed by atoms with van der Waals surface area (Å²) in [5.74, 6) is 0.676. The normalized spacial score (nSPS) is 11.3. The zero-order valence-corrected chi connectivity index (χ0v) is 10.9. The molecule has 96 valence electrons. The van der Waals surface area contributed by atoms with Crippen LogP contribution in [0.1, 0.15) is 25.3 Å². The molecule has 0 spiro atoms. The van der Waals surface area contributed by atoms with Crippen molar-refractivity contribution in [2.75, 3.05) is 5.73 Å². The van der Waals surface area contributed by atoms with Crippen molar-refractivity contribution in [2.45, 2.75) is 19.8 Å². The van der Waals surface area contributed by atoms with Crippen LogP contribution in [-0.2, 0) is 0 Å². The maximum atomic E-state index is 5.66. The minimum absolute atomic E-state index is 0.260. The van der Waals surface area contributed by atoms with Gasteiger partial charge in [0, 0.05) is 18.0 Å². The highest BCUT2D eigenvalue weighted by atomic mass is 15.3. The molecular weight excluding hydrogens is 238 g/mol. The van der Waals surface area contributed by atoms with Gasteiger partial charge in [0.25, 0.3) is 0 Å². The molecule has 5 nitrogen and oxygen atoms in total. The molecule has 3 aromatic rings. The van der Waals surface area contributed by atoms with E-state index in [4.69, 9.17) is 5.73 Å². The van der Waals surface area contributed by atoms with Crippen LogP contribution >= 0.6 is 0 Å². The molecule has 2 aromatic heterocycles. The van der Waals surface area contributed by atoms with Crippen molar-refractivity contribution in [1.29, 1.82) is 0 Å². The number of rotatable bonds is 2. The predicted octanol–water partition coefficient (Wildman–Crippen LogP) is 2.50. The molecule has 0 fully saturated rings. The lowest BCUT2D eigenvalue weighted by molar-refractivity contribution is 0.867. The average molecular weight is 253 g/mol. The van der Waals surface area contributed by atoms with Gasteiger partial charge in [-0.3, -0.25) is 4.98 Å². The van der Waals surface area contributed by atoms with Crippen LogP contribution in [0.5, 0.6) is 0 Å². The zero-order valence-electron chi connectivity index (χ0n) is 10.9. The van der Waals surface area contributed by atoms with E-state index in [2.05, 4.69) is 41.0 Å². The van der Waals surface area contributed by atoms with E-state index in [1.165, 1.54) is 5.56 Å². The summed E-state index contributed by atoms with van der Waals surface area (Å²) in [5, 5.41) is 4.12. The molecule has 0 unspecified atom stereocenters. The quantitative estimate of drug-likeness (QED) is 0.761. The summed E-state index contributed by atoms with van der Waals surface area (Å²) >= 11 is 0. The van der Waals surface area contributed by atoms with Crippen LogP contribution < -0.4 is 5.73 Å². The highest BCUT2D eigenvalue weighted by Gasteiger charge is 2.14. The van der Waals surface area contributed by atoms with Crippen LogP contribution in [0.2, 0.25) is 0 Å². The summed E-state index contributed by atoms with van der Waals surface area (Å²) in [7, 11) is 0. The van der Waals surface area contributed by atoms with Crippen LogP contribution in [0, 0.1) is 0 Å². The Labute approximate surface area is 111 Å². The molecule has 0 radical (unpaired) electrons. The maximum absolute atomic E-state index is 5.66. The number of anilines is 1. The van der Waals surface area contributed by atoms with Gasteiger partial charge >= 0.3 is 0 Å². The Morgan fingerprint density at radius 2 is 2.00 bits per heavy atom. The molecule has 0 bridgehead atoms. The summed E-state index contributed by atoms with van der Waals surface area (Å²) in [4.78, 5) is 8.71. The lowest BCUT2D eigenvalue weighted by Gasteiger charge is -2.12. The Hall–Kier alpha value is -2.43. The third kappa shape index (κ3) is 1.93. The largest absolute Gasteiger partial charge is 0.366 e. The lowest BCUT2D eigenvalue weighted by Crippen LogP contribution is -1.97. The van der Waals surface area contributed by atoms with Gasteiger partial charge in [-0.1, -0.05) is 38.1 Å². The van der Waals surface area contributed by atoms with Crippen LogP contribution in [-0.4, -0.2) is 19.6 Å². The van der Waals surface area contributed by atoms with Gasteiger partial charge in [0.05, 0.1) is 0 Å². The molecule has 0 atom stereocenters. The van der Waals surface area contributed by atoms with Crippen molar-refractivity contribution in [2.24, 2.45) is 0 Å². The molecule has 19 heavy (non-hydrogen) atoms. The third-order valence-corrected chi connectivity index (χ3v) is 3.11. The highest BCUT2D eigenvalue weighted by Crippen LogP contribution is 2.29. The van der Waals surface area contributed by atoms with Gasteiger partial charge < -0.3 is 5.73 Å². The number of aromatic nitrogens is 4. The van der Waals surface area contributed by atoms with E-state index in [0.717, 1.165) is 11.3 Å². The summed E-state index contributed by atoms with van der Waals surface area (Å²) in [5.41, 5.74) is 9.49. The first kappa shape index (κ1) is 11.6. The molecular formula is C14H15N5. The number of nitrogen functional groups attached to an aromatic ring is 1. The topological polar surface area (TPSA) is 69.1 Å². The second-order valence-corrected chi connectivity index (χ2v) is 4.76. The molecule has 0 aliphatic carbocycles. The second kappa shape index (κ2) is 4.35. The minimum atomic E-state index is 0.260. The Morgan fingerprint density at radius 3 is 2.79 bits per heavy atom. The molecule has 1 aromatic carbocycles. The van der Waals surface area contributed by atoms with Gasteiger partial charge in [0.2, 0.25) is 5.95 Å². The fourth-order valence-electron chi connectivity index (χ4n) is 2.24. The fourth-order valence-corrected chi connectivity index (χ4v) is 2.24. The van der Waals surface area contributed by atoms with Gasteiger partial charge in [-0.25, -0.2) is 4.52 Å². The monoisotopic (exact) mass is 253 g/mol. The number of hydrogen-bond donors (Lipinski definition) is 1. The summed E-state index contributed by atoms with van der Waals surface area (Å²) in [6.07, 6.45) is 3.47. The van der Waals surface area contributed by atoms with Gasteiger partial charge in [0.1, 0.15) is 5.69 Å². The van der Waals surface area contributed by atoms with Gasteiger partial charge in [-0.05, 0) is 11.5 Å². The maximum Gasteiger partial charge on any atom is 0.240 e. The van der Waals surface area contributed by atoms with Crippen molar-refractivity contribution in [3.8, 4) is 11.3 Å². The van der Waals surface area contributed by atoms with Gasteiger partial charge in [0.15, 0.2) is 5.65 Å². The highest BCUT2D eigenvalue weighted by molar-refractivity contribution is 5.76. The SMILES string of the molecule is CC(C)c1ccccc1-c1nccn2nc(N)nc12. The molecule has 5 heteroatoms. The minimum Gasteiger partial charge on any atom is -0.366 e. The zero-order chi connectivity index (χ0) is 13.4. The van der Waals surface area contributed by atoms with E-state index >= 15 is 0 Å². The molecule has 0 aliphatic rings. The van der Waals surface area contributed by atoms with Crippen LogP contribution in [0.25, 0.3) is 16.9 Å². The number of fused-ring (bicyclic) bond motifs is 1. The summed E-state index contributed by atoms with van der Waals surface area (Å²) < 4.78 is 1.66. The van der Waals surface area contributed by atoms with E-state index in [1.807, 2.05) is 12.1 Å². The molecule has 0 saturated carbocycles. The van der Waals surface area contributed by atoms with Crippen molar-refractivity contribution >= 4 is 11.6 Å². The molecule has 3 rings (SSSR count). The summed E-state index contributed by atoms with van der Waals surface area (Å²) in [6, 6.07) is 8.22. The lowest BCUT2D eigenvalue weighted by atomic mass is 9.95. The molecule has 2 heterocycles. The van der Waals surface area contributed by atoms with Gasteiger partial charge in [-0.15, -0.1) is 5.10 Å². The van der Waals surface area contributed by atoms with E-state index in [1.54, 1.807) is 16.9 Å². The molecule has 0 saturated heterocycles. The van der Waals surface area contributed by atoms with Crippen LogP contribution in [0.3, 0.4) is 0 Å². The van der Waals surface area contributed by atoms with Crippen molar-refractivity contribution in [1.82, 2.24) is 19.6 Å². The number of nitrogens with zero attached hydrogens (tertiary/aromatic N) is 4. The first-order valence-electron chi connectivity index (χ1n) is 6.23. The van der Waals surface area contributed by atoms with E-state index in [-0.39, 0.29) is 5.95 Å². The van der Waals surface area contributed by atoms with E-state index in [0.29, 0.717) is 11.6 Å². The number of nitrogens with two attached hydrogens (primary N) is 1. The van der Waals surface area contributed by atoms with E-state index in [9.17, 15) is 0 Å². The number of hydrogen-bond acceptors (Lipinski definition) is 4. The van der Waals surface area contributed by atoms with Crippen LogP contribution in [0.15, 0.2) is 36.7 Å². The molecule has 0 amide bonds. The van der Waals surface area contributed by atoms with Crippen LogP contribution in [0.4, 0.5) is 5.95 Å². The van der Waals surface area contributed by atoms with Crippen molar-refractivity contribution < 1.29 is 0 Å². The fraction of sp³-hybridized carbons (Fsp3) is 0.214. The number of benzene rings is 1. The van der Waals surface area contributed by atoms with E-state index < -0.39 is 0 Å². The summed E-state index contributed by atoms with van der Waals surface area (Å²) in [6.45, 7) is 4.33. The van der Waals surface area contributed by atoms with Crippen molar-refractivity contribution in [3.05, 3.63) is 42.2 Å². The standard InChI is InChI=1S/C14H15N5/c1-9(2)10-5-3-4-6-11(10)12-13-17-14(15)18-19(13)8-7-16-12/h3-9H,1-2H3,(H2,15,18). The Kier molecular flexibility index (Phi) is 2.67. The molecule has 2 N–H and O–H groups in total. The molecule has 0 aliphatic heterocycles. The smallest absolute Gasteiger partial charge is 0.240 e. The second-order valence-electron chi connectivity index (χ2n) is 4.76. The Bertz CT molecular complexity index is 730. The Balaban J connectivity index is 2.30. The van der Waals surface area contributed by atoms with Gasteiger partial charge in [-0.2, -0.15) is 4.98 Å².